The molecule has 3 aliphatic rings. The van der Waals surface area contributed by atoms with Crippen LogP contribution in [0, 0.1) is 13.8 Å². The van der Waals surface area contributed by atoms with E-state index >= 15 is 0 Å². The SMILES string of the molecule is [Al+3].[CH2-]C.[CH2-]CC12c3c4c5c1c1c6c7c5c5c8c4c4c9c3c3c%10c9c9c%11c4c8c4c8c5c7c5c7c6c6c%12c%13c7c7c5c8c5c4c%11c4c9c8c9c%11c4c5c7c%11c%13c4c9c(c8%10)c5c(c4%12)c(c16)[c-]2c35. The van der Waals surface area contributed by atoms with Crippen molar-refractivity contribution >= 4 is 319 Å². The van der Waals surface area contributed by atoms with Gasteiger partial charge >= 0.3 is 17.4 Å². The van der Waals surface area contributed by atoms with E-state index in [9.17, 15) is 0 Å². The van der Waals surface area contributed by atoms with Crippen LogP contribution in [0.15, 0.2) is 0 Å². The Morgan fingerprint density at radius 3 is 0.523 bits per heavy atom. The molecule has 1 heteroatoms. The topological polar surface area (TPSA) is 0 Å². The second-order valence-corrected chi connectivity index (χ2v) is 23.3. The summed E-state index contributed by atoms with van der Waals surface area (Å²) in [5, 5.41) is 93.1. The summed E-state index contributed by atoms with van der Waals surface area (Å²) >= 11 is 0. The molecule has 0 unspecified atom stereocenters. The maximum Gasteiger partial charge on any atom is 3.00 e. The molecular formula is C64H9Al. The van der Waals surface area contributed by atoms with E-state index in [0.29, 0.717) is 0 Å². The average Bonchev–Trinajstić information content (AvgIpc) is 4.16. The Kier molecular flexibility index (Phi) is 2.21. The first-order valence-corrected chi connectivity index (χ1v) is 24.1. The van der Waals surface area contributed by atoms with E-state index in [1.165, 1.54) is 0 Å². The molecule has 29 aromatic carbocycles. The zero-order valence-electron chi connectivity index (χ0n) is 33.7. The van der Waals surface area contributed by atoms with E-state index in [4.69, 9.17) is 6.92 Å². The molecule has 3 aliphatic carbocycles. The molecule has 0 aromatic heterocycles. The molecular weight excluding hydrogens is 796 g/mol. The van der Waals surface area contributed by atoms with Crippen LogP contribution >= 0.6 is 0 Å². The molecule has 29 aromatic rings. The second-order valence-electron chi connectivity index (χ2n) is 23.3. The Hall–Kier alpha value is -7.14. The van der Waals surface area contributed by atoms with Gasteiger partial charge in [0, 0.05) is 0 Å². The van der Waals surface area contributed by atoms with Crippen LogP contribution in [-0.4, -0.2) is 17.4 Å². The smallest absolute Gasteiger partial charge is 0.346 e. The van der Waals surface area contributed by atoms with Crippen molar-refractivity contribution in [1.82, 2.24) is 0 Å². The van der Waals surface area contributed by atoms with Gasteiger partial charge in [-0.15, -0.1) is 10.8 Å². The molecule has 0 saturated carbocycles. The van der Waals surface area contributed by atoms with Gasteiger partial charge in [-0.3, -0.25) is 0 Å². The van der Waals surface area contributed by atoms with Crippen LogP contribution in [0.25, 0.3) is 302 Å². The van der Waals surface area contributed by atoms with Crippen molar-refractivity contribution in [1.29, 1.82) is 0 Å². The quantitative estimate of drug-likeness (QED) is 0.0881. The van der Waals surface area contributed by atoms with E-state index < -0.39 is 0 Å². The van der Waals surface area contributed by atoms with Gasteiger partial charge in [-0.1, -0.05) is 27.1 Å². The first-order valence-electron chi connectivity index (χ1n) is 24.1. The second kappa shape index (κ2) is 5.67. The van der Waals surface area contributed by atoms with Crippen LogP contribution in [0.1, 0.15) is 30.0 Å². The molecule has 0 N–H and O–H groups in total. The van der Waals surface area contributed by atoms with Gasteiger partial charge in [0.05, 0.1) is 0 Å². The monoisotopic (exact) mass is 804 g/mol. The number of hydrogen-bond acceptors (Lipinski definition) is 0. The molecule has 0 atom stereocenters. The summed E-state index contributed by atoms with van der Waals surface area (Å²) < 4.78 is 0. The maximum absolute atomic E-state index is 5.23. The summed E-state index contributed by atoms with van der Waals surface area (Å²) in [4.78, 5) is 0. The summed E-state index contributed by atoms with van der Waals surface area (Å²) in [5.74, 6) is 0. The Morgan fingerprint density at radius 2 is 0.354 bits per heavy atom. The minimum Gasteiger partial charge on any atom is -0.346 e. The third-order valence-electron chi connectivity index (χ3n) is 23.4. The van der Waals surface area contributed by atoms with E-state index in [1.54, 1.807) is 325 Å². The van der Waals surface area contributed by atoms with Crippen molar-refractivity contribution in [3.63, 3.8) is 0 Å². The summed E-state index contributed by atoms with van der Waals surface area (Å²) in [6.07, 6.45) is 0.887. The molecule has 0 nitrogen and oxygen atoms in total. The molecule has 0 amide bonds. The molecule has 0 bridgehead atoms. The normalized spacial score (nSPS) is 18.1. The Morgan fingerprint density at radius 1 is 0.231 bits per heavy atom. The fraction of sp³-hybridized carbons (Fsp3) is 0.0469. The van der Waals surface area contributed by atoms with Gasteiger partial charge in [-0.25, -0.2) is 0 Å². The predicted molar refractivity (Wildman–Crippen MR) is 283 cm³/mol. The molecule has 0 heterocycles. The fourth-order valence-corrected chi connectivity index (χ4v) is 23.4. The molecule has 0 spiro atoms. The van der Waals surface area contributed by atoms with Crippen molar-refractivity contribution in [2.24, 2.45) is 0 Å². The van der Waals surface area contributed by atoms with Crippen molar-refractivity contribution in [2.45, 2.75) is 18.8 Å². The number of rotatable bonds is 1. The molecule has 0 saturated heterocycles. The van der Waals surface area contributed by atoms with Gasteiger partial charge in [0.25, 0.3) is 0 Å². The Labute approximate surface area is 366 Å². The molecule has 0 radical (unpaired) electrons. The van der Waals surface area contributed by atoms with E-state index in [-0.39, 0.29) is 22.8 Å². The van der Waals surface area contributed by atoms with E-state index in [2.05, 4.69) is 6.92 Å². The van der Waals surface area contributed by atoms with Crippen LogP contribution in [0.3, 0.4) is 0 Å². The summed E-state index contributed by atoms with van der Waals surface area (Å²) in [6, 6.07) is 0. The van der Waals surface area contributed by atoms with Crippen molar-refractivity contribution in [3.05, 3.63) is 30.5 Å². The van der Waals surface area contributed by atoms with Crippen LogP contribution in [0.5, 0.6) is 0 Å². The largest absolute Gasteiger partial charge is 3.00 e. The minimum atomic E-state index is -0.245. The van der Waals surface area contributed by atoms with Crippen LogP contribution in [0.2, 0.25) is 0 Å². The Balaban J connectivity index is 0.000000951. The maximum atomic E-state index is 5.23. The predicted octanol–water partition coefficient (Wildman–Crippen LogP) is 18.0. The van der Waals surface area contributed by atoms with Gasteiger partial charge < -0.3 is 13.8 Å². The van der Waals surface area contributed by atoms with Crippen molar-refractivity contribution < 1.29 is 0 Å². The van der Waals surface area contributed by atoms with E-state index in [0.717, 1.165) is 6.42 Å². The van der Waals surface area contributed by atoms with Gasteiger partial charge in [-0.2, -0.15) is 13.3 Å². The standard InChI is InChI=1S/C62H4.C2H5.Al/c1-2-62-59-55-49-35-27-19-7-4-3-5-8(7)20-22-18-12(5)14-10-6(3)9-13-11(4)17-21(19)33(35)41-39-25(17)23(13)31-29-15(9)16(10)30-32-24(14)26(18)40-42-34(22)36(28(20)27)50(49)56(59)52(42)54-46(40)44(32)48-38(30)37(29)47-43(31)45(39)53(51(41)55)60(62)57(47)58(48)61(54)62;1-2;/h1-2H2;1H2,2H3;/q-2;-1;+3. The van der Waals surface area contributed by atoms with Crippen LogP contribution in [0.4, 0.5) is 0 Å². The average molecular weight is 805 g/mol. The Bertz CT molecular complexity index is 6430. The first-order chi connectivity index (χ1) is 31.9. The molecule has 268 valence electrons. The van der Waals surface area contributed by atoms with Gasteiger partial charge in [0.2, 0.25) is 0 Å². The minimum absolute atomic E-state index is 0. The van der Waals surface area contributed by atoms with E-state index in [1.807, 2.05) is 0 Å². The molecule has 32 rings (SSSR count). The van der Waals surface area contributed by atoms with Gasteiger partial charge in [-0.05, 0) is 286 Å². The van der Waals surface area contributed by atoms with Gasteiger partial charge in [0.15, 0.2) is 0 Å². The number of hydrogen-bond donors (Lipinski definition) is 0. The van der Waals surface area contributed by atoms with Crippen molar-refractivity contribution in [3.8, 4) is 0 Å². The zero-order chi connectivity index (χ0) is 38.3. The number of benzene rings is 18. The molecule has 0 aliphatic heterocycles. The van der Waals surface area contributed by atoms with Crippen LogP contribution < -0.4 is 0 Å². The van der Waals surface area contributed by atoms with Gasteiger partial charge in [0.1, 0.15) is 0 Å². The first kappa shape index (κ1) is 25.4. The molecule has 65 heavy (non-hydrogen) atoms. The third-order valence-corrected chi connectivity index (χ3v) is 23.4. The summed E-state index contributed by atoms with van der Waals surface area (Å²) in [7, 11) is 0. The fourth-order valence-electron chi connectivity index (χ4n) is 23.4. The van der Waals surface area contributed by atoms with Crippen molar-refractivity contribution in [2.75, 3.05) is 0 Å². The summed E-state index contributed by atoms with van der Waals surface area (Å²) in [6.45, 7) is 10.2. The third kappa shape index (κ3) is 1.31. The summed E-state index contributed by atoms with van der Waals surface area (Å²) in [5.41, 5.74) is 4.87. The molecule has 0 fully saturated rings. The van der Waals surface area contributed by atoms with Crippen LogP contribution in [-0.2, 0) is 5.41 Å². The zero-order valence-corrected chi connectivity index (χ0v) is 34.9.